The van der Waals surface area contributed by atoms with Crippen LogP contribution in [-0.2, 0) is 24.3 Å². The molecule has 0 spiro atoms. The molecular formula is C27H30N4O. The summed E-state index contributed by atoms with van der Waals surface area (Å²) < 4.78 is 2.17. The molecule has 2 heterocycles. The molecule has 0 radical (unpaired) electrons. The summed E-state index contributed by atoms with van der Waals surface area (Å²) in [4.78, 5) is 21.7. The van der Waals surface area contributed by atoms with Crippen molar-refractivity contribution in [2.24, 2.45) is 0 Å². The van der Waals surface area contributed by atoms with E-state index in [1.165, 1.54) is 11.1 Å². The highest BCUT2D eigenvalue weighted by Gasteiger charge is 2.13. The maximum absolute atomic E-state index is 12.4. The molecule has 5 nitrogen and oxygen atoms in total. The molecule has 0 saturated heterocycles. The average molecular weight is 427 g/mol. The van der Waals surface area contributed by atoms with E-state index in [0.29, 0.717) is 18.9 Å². The van der Waals surface area contributed by atoms with Crippen molar-refractivity contribution in [2.75, 3.05) is 0 Å². The molecule has 164 valence electrons. The fourth-order valence-corrected chi connectivity index (χ4v) is 3.84. The number of hydrogen-bond donors (Lipinski definition) is 1. The Morgan fingerprint density at radius 1 is 0.969 bits per heavy atom. The zero-order chi connectivity index (χ0) is 22.3. The highest BCUT2D eigenvalue weighted by atomic mass is 16.1. The van der Waals surface area contributed by atoms with E-state index in [1.807, 2.05) is 30.3 Å². The van der Waals surface area contributed by atoms with Crippen molar-refractivity contribution >= 4 is 17.1 Å². The van der Waals surface area contributed by atoms with Gasteiger partial charge in [-0.1, -0.05) is 68.4 Å². The van der Waals surface area contributed by atoms with Gasteiger partial charge in [-0.05, 0) is 41.2 Å². The first-order chi connectivity index (χ1) is 15.6. The van der Waals surface area contributed by atoms with E-state index in [1.54, 1.807) is 6.20 Å². The maximum atomic E-state index is 12.4. The first-order valence-corrected chi connectivity index (χ1v) is 11.3. The Kier molecular flexibility index (Phi) is 6.95. The number of aromatic nitrogens is 3. The van der Waals surface area contributed by atoms with Gasteiger partial charge in [-0.15, -0.1) is 0 Å². The van der Waals surface area contributed by atoms with Crippen LogP contribution in [0.25, 0.3) is 11.2 Å². The Labute approximate surface area is 189 Å². The molecule has 2 aromatic heterocycles. The molecule has 32 heavy (non-hydrogen) atoms. The van der Waals surface area contributed by atoms with Crippen LogP contribution in [0.15, 0.2) is 72.9 Å². The fourth-order valence-electron chi connectivity index (χ4n) is 3.84. The number of benzene rings is 2. The molecule has 0 unspecified atom stereocenters. The van der Waals surface area contributed by atoms with Crippen LogP contribution in [-0.4, -0.2) is 20.4 Å². The van der Waals surface area contributed by atoms with Crippen molar-refractivity contribution in [2.45, 2.75) is 52.1 Å². The number of nitrogens with one attached hydrogen (secondary N) is 1. The van der Waals surface area contributed by atoms with Gasteiger partial charge < -0.3 is 9.88 Å². The van der Waals surface area contributed by atoms with Crippen molar-refractivity contribution in [1.82, 2.24) is 19.9 Å². The van der Waals surface area contributed by atoms with Crippen LogP contribution in [0.3, 0.4) is 0 Å². The van der Waals surface area contributed by atoms with Crippen LogP contribution in [0.5, 0.6) is 0 Å². The zero-order valence-electron chi connectivity index (χ0n) is 18.8. The van der Waals surface area contributed by atoms with E-state index in [2.05, 4.69) is 65.1 Å². The number of imidazole rings is 1. The fraction of sp³-hybridized carbons (Fsp3) is 0.296. The summed E-state index contributed by atoms with van der Waals surface area (Å²) in [7, 11) is 0. The molecule has 0 aliphatic rings. The van der Waals surface area contributed by atoms with Crippen molar-refractivity contribution in [3.8, 4) is 0 Å². The number of aryl methyl sites for hydroxylation is 1. The van der Waals surface area contributed by atoms with Gasteiger partial charge in [0, 0.05) is 25.6 Å². The lowest BCUT2D eigenvalue weighted by atomic mass is 10.0. The molecule has 4 aromatic rings. The lowest BCUT2D eigenvalue weighted by molar-refractivity contribution is -0.121. The predicted octanol–water partition coefficient (Wildman–Crippen LogP) is 5.24. The van der Waals surface area contributed by atoms with Gasteiger partial charge in [0.1, 0.15) is 11.3 Å². The number of carbonyl (C=O) groups excluding carboxylic acids is 1. The normalized spacial score (nSPS) is 11.2. The van der Waals surface area contributed by atoms with E-state index in [9.17, 15) is 4.79 Å². The number of amides is 1. The summed E-state index contributed by atoms with van der Waals surface area (Å²) >= 11 is 0. The van der Waals surface area contributed by atoms with E-state index in [0.717, 1.165) is 41.9 Å². The van der Waals surface area contributed by atoms with E-state index in [-0.39, 0.29) is 5.91 Å². The lowest BCUT2D eigenvalue weighted by Gasteiger charge is -2.10. The Balaban J connectivity index is 1.34. The van der Waals surface area contributed by atoms with Gasteiger partial charge in [0.2, 0.25) is 5.91 Å². The second-order valence-electron chi connectivity index (χ2n) is 8.47. The summed E-state index contributed by atoms with van der Waals surface area (Å²) in [6.45, 7) is 5.65. The minimum absolute atomic E-state index is 0.0711. The third-order valence-corrected chi connectivity index (χ3v) is 5.71. The van der Waals surface area contributed by atoms with Crippen LogP contribution >= 0.6 is 0 Å². The SMILES string of the molecule is CC(C)c1ccc(CNC(=O)CCCc2nc3cccnc3n2Cc2ccccc2)cc1. The number of rotatable bonds is 9. The van der Waals surface area contributed by atoms with Gasteiger partial charge >= 0.3 is 0 Å². The molecule has 1 amide bonds. The quantitative estimate of drug-likeness (QED) is 0.398. The Morgan fingerprint density at radius 3 is 2.50 bits per heavy atom. The summed E-state index contributed by atoms with van der Waals surface area (Å²) in [6, 6.07) is 22.7. The largest absolute Gasteiger partial charge is 0.352 e. The van der Waals surface area contributed by atoms with Gasteiger partial charge in [0.15, 0.2) is 5.65 Å². The molecule has 4 rings (SSSR count). The average Bonchev–Trinajstić information content (AvgIpc) is 3.16. The molecule has 0 aliphatic carbocycles. The molecule has 0 bridgehead atoms. The lowest BCUT2D eigenvalue weighted by Crippen LogP contribution is -2.22. The third-order valence-electron chi connectivity index (χ3n) is 5.71. The number of nitrogens with zero attached hydrogens (tertiary/aromatic N) is 3. The van der Waals surface area contributed by atoms with E-state index < -0.39 is 0 Å². The minimum Gasteiger partial charge on any atom is -0.352 e. The first kappa shape index (κ1) is 21.8. The van der Waals surface area contributed by atoms with Gasteiger partial charge in [0.05, 0.1) is 6.54 Å². The van der Waals surface area contributed by atoms with Gasteiger partial charge in [-0.3, -0.25) is 4.79 Å². The monoisotopic (exact) mass is 426 g/mol. The smallest absolute Gasteiger partial charge is 0.220 e. The standard InChI is InChI=1S/C27H30N4O/c1-20(2)23-15-13-21(14-16-23)18-29-26(32)12-6-11-25-30-24-10-7-17-28-27(24)31(25)19-22-8-4-3-5-9-22/h3-5,7-10,13-17,20H,6,11-12,18-19H2,1-2H3,(H,29,32). The van der Waals surface area contributed by atoms with Gasteiger partial charge in [0.25, 0.3) is 0 Å². The Hall–Kier alpha value is -3.47. The molecule has 1 N–H and O–H groups in total. The molecule has 0 atom stereocenters. The summed E-state index contributed by atoms with van der Waals surface area (Å²) in [5.41, 5.74) is 5.43. The van der Waals surface area contributed by atoms with E-state index >= 15 is 0 Å². The minimum atomic E-state index is 0.0711. The second-order valence-corrected chi connectivity index (χ2v) is 8.47. The van der Waals surface area contributed by atoms with Gasteiger partial charge in [-0.25, -0.2) is 9.97 Å². The first-order valence-electron chi connectivity index (χ1n) is 11.3. The summed E-state index contributed by atoms with van der Waals surface area (Å²) in [6.07, 6.45) is 3.76. The maximum Gasteiger partial charge on any atom is 0.220 e. The zero-order valence-corrected chi connectivity index (χ0v) is 18.8. The van der Waals surface area contributed by atoms with Crippen LogP contribution in [0, 0.1) is 0 Å². The molecule has 0 aliphatic heterocycles. The van der Waals surface area contributed by atoms with Crippen molar-refractivity contribution in [3.05, 3.63) is 95.4 Å². The number of carbonyl (C=O) groups is 1. The molecule has 0 saturated carbocycles. The molecule has 0 fully saturated rings. The van der Waals surface area contributed by atoms with Crippen LogP contribution < -0.4 is 5.32 Å². The highest BCUT2D eigenvalue weighted by Crippen LogP contribution is 2.18. The van der Waals surface area contributed by atoms with Crippen LogP contribution in [0.2, 0.25) is 0 Å². The van der Waals surface area contributed by atoms with Crippen molar-refractivity contribution in [1.29, 1.82) is 0 Å². The van der Waals surface area contributed by atoms with Crippen molar-refractivity contribution < 1.29 is 4.79 Å². The molecule has 5 heteroatoms. The Bertz CT molecular complexity index is 1160. The van der Waals surface area contributed by atoms with Crippen LogP contribution in [0.1, 0.15) is 55.1 Å². The molecule has 2 aromatic carbocycles. The summed E-state index contributed by atoms with van der Waals surface area (Å²) in [5.74, 6) is 1.56. The number of pyridine rings is 1. The van der Waals surface area contributed by atoms with E-state index in [4.69, 9.17) is 4.98 Å². The topological polar surface area (TPSA) is 59.8 Å². The number of hydrogen-bond acceptors (Lipinski definition) is 3. The predicted molar refractivity (Wildman–Crippen MR) is 128 cm³/mol. The summed E-state index contributed by atoms with van der Waals surface area (Å²) in [5, 5.41) is 3.04. The Morgan fingerprint density at radius 2 is 1.75 bits per heavy atom. The second kappa shape index (κ2) is 10.2. The van der Waals surface area contributed by atoms with Gasteiger partial charge in [-0.2, -0.15) is 0 Å². The van der Waals surface area contributed by atoms with Crippen molar-refractivity contribution in [3.63, 3.8) is 0 Å². The third kappa shape index (κ3) is 5.41. The number of fused-ring (bicyclic) bond motifs is 1. The van der Waals surface area contributed by atoms with Crippen LogP contribution in [0.4, 0.5) is 0 Å². The molecular weight excluding hydrogens is 396 g/mol. The highest BCUT2D eigenvalue weighted by molar-refractivity contribution is 5.76.